The Hall–Kier alpha value is -1.46. The predicted molar refractivity (Wildman–Crippen MR) is 84.2 cm³/mol. The Bertz CT molecular complexity index is 510. The second-order valence-corrected chi connectivity index (χ2v) is 6.70. The summed E-state index contributed by atoms with van der Waals surface area (Å²) in [5, 5.41) is 6.31. The minimum atomic E-state index is -0.244. The van der Waals surface area contributed by atoms with Crippen molar-refractivity contribution in [1.82, 2.24) is 10.6 Å². The molecule has 4 nitrogen and oxygen atoms in total. The molecule has 5 heteroatoms. The van der Waals surface area contributed by atoms with E-state index >= 15 is 0 Å². The van der Waals surface area contributed by atoms with Gasteiger partial charge in [0.05, 0.1) is 6.61 Å². The molecule has 0 atom stereocenters. The number of benzene rings is 1. The van der Waals surface area contributed by atoms with Gasteiger partial charge in [0.25, 0.3) is 0 Å². The van der Waals surface area contributed by atoms with Crippen LogP contribution in [0.3, 0.4) is 0 Å². The van der Waals surface area contributed by atoms with E-state index in [2.05, 4.69) is 24.5 Å². The highest BCUT2D eigenvalue weighted by molar-refractivity contribution is 5.78. The molecule has 1 aromatic carbocycles. The van der Waals surface area contributed by atoms with E-state index < -0.39 is 0 Å². The van der Waals surface area contributed by atoms with Crippen molar-refractivity contribution >= 4 is 5.91 Å². The summed E-state index contributed by atoms with van der Waals surface area (Å²) in [5.41, 5.74) is 0.971. The Morgan fingerprint density at radius 2 is 1.86 bits per heavy atom. The first-order valence-electron chi connectivity index (χ1n) is 7.66. The zero-order valence-corrected chi connectivity index (χ0v) is 13.5. The normalized spacial score (nSPS) is 27.3. The van der Waals surface area contributed by atoms with Gasteiger partial charge >= 0.3 is 0 Å². The van der Waals surface area contributed by atoms with Crippen molar-refractivity contribution in [3.05, 3.63) is 35.6 Å². The molecule has 0 aliphatic heterocycles. The van der Waals surface area contributed by atoms with Crippen molar-refractivity contribution in [2.45, 2.75) is 44.2 Å². The fourth-order valence-corrected chi connectivity index (χ4v) is 3.31. The lowest BCUT2D eigenvalue weighted by Gasteiger charge is -2.53. The van der Waals surface area contributed by atoms with Gasteiger partial charge in [0.15, 0.2) is 0 Å². The van der Waals surface area contributed by atoms with Gasteiger partial charge in [0, 0.05) is 11.1 Å². The second-order valence-electron chi connectivity index (χ2n) is 6.70. The van der Waals surface area contributed by atoms with Gasteiger partial charge in [0.2, 0.25) is 5.91 Å². The molecule has 0 saturated heterocycles. The van der Waals surface area contributed by atoms with Crippen LogP contribution in [0.1, 0.15) is 32.3 Å². The monoisotopic (exact) mass is 308 g/mol. The minimum Gasteiger partial charge on any atom is -0.371 e. The number of halogens is 1. The van der Waals surface area contributed by atoms with Gasteiger partial charge in [-0.15, -0.1) is 0 Å². The summed E-state index contributed by atoms with van der Waals surface area (Å²) < 4.78 is 18.2. The molecule has 0 unspecified atom stereocenters. The third-order valence-electron chi connectivity index (χ3n) is 4.29. The van der Waals surface area contributed by atoms with Gasteiger partial charge in [-0.3, -0.25) is 4.79 Å². The molecular weight excluding hydrogens is 283 g/mol. The number of carbonyl (C=O) groups is 1. The van der Waals surface area contributed by atoms with Crippen LogP contribution in [-0.4, -0.2) is 37.2 Å². The van der Waals surface area contributed by atoms with Gasteiger partial charge < -0.3 is 15.4 Å². The molecule has 0 heterocycles. The van der Waals surface area contributed by atoms with Crippen LogP contribution in [0, 0.1) is 5.82 Å². The maximum atomic E-state index is 12.8. The van der Waals surface area contributed by atoms with Gasteiger partial charge in [-0.05, 0) is 57.9 Å². The maximum absolute atomic E-state index is 12.8. The van der Waals surface area contributed by atoms with Crippen molar-refractivity contribution in [3.63, 3.8) is 0 Å². The van der Waals surface area contributed by atoms with Crippen LogP contribution in [0.4, 0.5) is 4.39 Å². The molecule has 1 aromatic rings. The molecule has 122 valence electrons. The third-order valence-corrected chi connectivity index (χ3v) is 4.29. The van der Waals surface area contributed by atoms with E-state index in [1.54, 1.807) is 12.1 Å². The summed E-state index contributed by atoms with van der Waals surface area (Å²) >= 11 is 0. The van der Waals surface area contributed by atoms with Crippen molar-refractivity contribution in [1.29, 1.82) is 0 Å². The van der Waals surface area contributed by atoms with E-state index in [-0.39, 0.29) is 29.4 Å². The number of hydrogen-bond donors (Lipinski definition) is 2. The summed E-state index contributed by atoms with van der Waals surface area (Å²) in [7, 11) is 1.94. The lowest BCUT2D eigenvalue weighted by molar-refractivity contribution is -0.129. The summed E-state index contributed by atoms with van der Waals surface area (Å²) in [4.78, 5) is 11.9. The molecule has 2 rings (SSSR count). The topological polar surface area (TPSA) is 50.4 Å². The zero-order chi connectivity index (χ0) is 16.2. The van der Waals surface area contributed by atoms with Gasteiger partial charge in [-0.2, -0.15) is 0 Å². The van der Waals surface area contributed by atoms with Crippen LogP contribution in [0.25, 0.3) is 0 Å². The van der Waals surface area contributed by atoms with Crippen molar-refractivity contribution in [2.75, 3.05) is 20.3 Å². The predicted octanol–water partition coefficient (Wildman–Crippen LogP) is 2.03. The first-order chi connectivity index (χ1) is 10.3. The molecule has 0 spiro atoms. The Kier molecular flexibility index (Phi) is 5.19. The van der Waals surface area contributed by atoms with E-state index in [9.17, 15) is 9.18 Å². The Morgan fingerprint density at radius 3 is 2.45 bits per heavy atom. The Balaban J connectivity index is 1.63. The molecule has 1 fully saturated rings. The number of amides is 1. The number of ether oxygens (including phenoxy) is 1. The fraction of sp³-hybridized carbons (Fsp3) is 0.588. The van der Waals surface area contributed by atoms with E-state index in [4.69, 9.17) is 4.74 Å². The van der Waals surface area contributed by atoms with Crippen LogP contribution >= 0.6 is 0 Å². The van der Waals surface area contributed by atoms with Gasteiger partial charge in [-0.25, -0.2) is 4.39 Å². The van der Waals surface area contributed by atoms with Crippen molar-refractivity contribution < 1.29 is 13.9 Å². The van der Waals surface area contributed by atoms with Crippen LogP contribution < -0.4 is 10.6 Å². The quantitative estimate of drug-likeness (QED) is 0.758. The first-order valence-corrected chi connectivity index (χ1v) is 7.66. The smallest absolute Gasteiger partial charge is 0.246 e. The SMILES string of the molecule is CNC1(C)CC(C)(NC(=O)COCCc2ccc(F)cc2)C1. The third kappa shape index (κ3) is 4.52. The summed E-state index contributed by atoms with van der Waals surface area (Å²) in [6.07, 6.45) is 2.50. The van der Waals surface area contributed by atoms with Gasteiger partial charge in [0.1, 0.15) is 12.4 Å². The molecule has 0 radical (unpaired) electrons. The average Bonchev–Trinajstić information content (AvgIpc) is 2.43. The van der Waals surface area contributed by atoms with Crippen LogP contribution in [0.15, 0.2) is 24.3 Å². The summed E-state index contributed by atoms with van der Waals surface area (Å²) in [5.74, 6) is -0.328. The lowest BCUT2D eigenvalue weighted by Crippen LogP contribution is -2.67. The highest BCUT2D eigenvalue weighted by atomic mass is 19.1. The average molecular weight is 308 g/mol. The van der Waals surface area contributed by atoms with Crippen molar-refractivity contribution in [2.24, 2.45) is 0 Å². The first kappa shape index (κ1) is 16.9. The summed E-state index contributed by atoms with van der Waals surface area (Å²) in [6.45, 7) is 4.72. The Labute approximate surface area is 131 Å². The summed E-state index contributed by atoms with van der Waals surface area (Å²) in [6, 6.07) is 6.32. The Morgan fingerprint density at radius 1 is 1.23 bits per heavy atom. The largest absolute Gasteiger partial charge is 0.371 e. The molecule has 22 heavy (non-hydrogen) atoms. The number of nitrogens with one attached hydrogen (secondary N) is 2. The van der Waals surface area contributed by atoms with E-state index in [0.29, 0.717) is 13.0 Å². The highest BCUT2D eigenvalue weighted by Gasteiger charge is 2.48. The van der Waals surface area contributed by atoms with Crippen LogP contribution in [-0.2, 0) is 16.0 Å². The number of rotatable bonds is 7. The molecule has 2 N–H and O–H groups in total. The zero-order valence-electron chi connectivity index (χ0n) is 13.5. The van der Waals surface area contributed by atoms with E-state index in [1.165, 1.54) is 12.1 Å². The number of hydrogen-bond acceptors (Lipinski definition) is 3. The molecule has 1 saturated carbocycles. The molecule has 1 amide bonds. The maximum Gasteiger partial charge on any atom is 0.246 e. The fourth-order valence-electron chi connectivity index (χ4n) is 3.31. The van der Waals surface area contributed by atoms with Gasteiger partial charge in [-0.1, -0.05) is 12.1 Å². The molecule has 1 aliphatic carbocycles. The van der Waals surface area contributed by atoms with Crippen LogP contribution in [0.5, 0.6) is 0 Å². The molecule has 0 aromatic heterocycles. The minimum absolute atomic E-state index is 0.0626. The lowest BCUT2D eigenvalue weighted by atomic mass is 9.64. The number of carbonyl (C=O) groups excluding carboxylic acids is 1. The highest BCUT2D eigenvalue weighted by Crippen LogP contribution is 2.40. The second kappa shape index (κ2) is 6.75. The van der Waals surface area contributed by atoms with Crippen molar-refractivity contribution in [3.8, 4) is 0 Å². The molecular formula is C17H25FN2O2. The standard InChI is InChI=1S/C17H25FN2O2/c1-16(19-3)11-17(2,12-16)20-15(21)10-22-9-8-13-4-6-14(18)7-5-13/h4-7,19H,8-12H2,1-3H3,(H,20,21). The molecule has 1 aliphatic rings. The van der Waals surface area contributed by atoms with E-state index in [1.807, 2.05) is 7.05 Å². The van der Waals surface area contributed by atoms with E-state index in [0.717, 1.165) is 18.4 Å². The molecule has 0 bridgehead atoms. The van der Waals surface area contributed by atoms with Crippen LogP contribution in [0.2, 0.25) is 0 Å².